The van der Waals surface area contributed by atoms with E-state index in [0.29, 0.717) is 6.42 Å². The van der Waals surface area contributed by atoms with Crippen LogP contribution in [0.2, 0.25) is 0 Å². The van der Waals surface area contributed by atoms with Gasteiger partial charge in [-0.05, 0) is 19.3 Å². The largest absolute Gasteiger partial charge is 0.296 e. The maximum absolute atomic E-state index is 11.3. The van der Waals surface area contributed by atoms with E-state index in [-0.39, 0.29) is 17.7 Å². The summed E-state index contributed by atoms with van der Waals surface area (Å²) < 4.78 is 0. The smallest absolute Gasteiger partial charge is 0.229 e. The van der Waals surface area contributed by atoms with E-state index in [1.54, 1.807) is 0 Å². The van der Waals surface area contributed by atoms with Crippen molar-refractivity contribution in [2.24, 2.45) is 5.92 Å². The normalized spacial score (nSPS) is 24.9. The Kier molecular flexibility index (Phi) is 3.26. The average molecular weight is 169 g/mol. The number of carbonyl (C=O) groups is 2. The van der Waals surface area contributed by atoms with Gasteiger partial charge in [-0.2, -0.15) is 0 Å². The van der Waals surface area contributed by atoms with Gasteiger partial charge in [-0.25, -0.2) is 0 Å². The molecule has 3 heteroatoms. The van der Waals surface area contributed by atoms with Crippen LogP contribution in [0.3, 0.4) is 0 Å². The van der Waals surface area contributed by atoms with Crippen LogP contribution in [0, 0.1) is 5.92 Å². The molecule has 0 aromatic heterocycles. The van der Waals surface area contributed by atoms with Crippen molar-refractivity contribution < 1.29 is 9.59 Å². The zero-order valence-electron chi connectivity index (χ0n) is 7.43. The zero-order chi connectivity index (χ0) is 8.97. The van der Waals surface area contributed by atoms with E-state index in [1.165, 1.54) is 0 Å². The SMILES string of the molecule is CCCC1CCCC(=O)NC1=O. The van der Waals surface area contributed by atoms with Gasteiger partial charge in [0.2, 0.25) is 11.8 Å². The van der Waals surface area contributed by atoms with Gasteiger partial charge in [0.15, 0.2) is 0 Å². The Morgan fingerprint density at radius 2 is 2.25 bits per heavy atom. The Morgan fingerprint density at radius 3 is 2.92 bits per heavy atom. The minimum atomic E-state index is -0.112. The first kappa shape index (κ1) is 9.23. The van der Waals surface area contributed by atoms with Crippen molar-refractivity contribution in [2.75, 3.05) is 0 Å². The molecule has 0 spiro atoms. The Hall–Kier alpha value is -0.860. The summed E-state index contributed by atoms with van der Waals surface area (Å²) in [7, 11) is 0. The van der Waals surface area contributed by atoms with Gasteiger partial charge in [0, 0.05) is 12.3 Å². The molecule has 0 saturated carbocycles. The summed E-state index contributed by atoms with van der Waals surface area (Å²) in [5.41, 5.74) is 0. The predicted molar refractivity (Wildman–Crippen MR) is 45.4 cm³/mol. The summed E-state index contributed by atoms with van der Waals surface area (Å²) in [6.45, 7) is 2.06. The molecule has 12 heavy (non-hydrogen) atoms. The van der Waals surface area contributed by atoms with Crippen LogP contribution < -0.4 is 5.32 Å². The fraction of sp³-hybridized carbons (Fsp3) is 0.778. The second-order valence-corrected chi connectivity index (χ2v) is 3.29. The topological polar surface area (TPSA) is 46.2 Å². The molecule has 0 aromatic rings. The Labute approximate surface area is 72.5 Å². The maximum atomic E-state index is 11.3. The van der Waals surface area contributed by atoms with Gasteiger partial charge in [0.25, 0.3) is 0 Å². The van der Waals surface area contributed by atoms with E-state index in [0.717, 1.165) is 25.7 Å². The summed E-state index contributed by atoms with van der Waals surface area (Å²) in [6.07, 6.45) is 4.13. The number of hydrogen-bond acceptors (Lipinski definition) is 2. The maximum Gasteiger partial charge on any atom is 0.229 e. The van der Waals surface area contributed by atoms with Crippen LogP contribution in [0.25, 0.3) is 0 Å². The summed E-state index contributed by atoms with van der Waals surface area (Å²) in [5, 5.41) is 2.40. The van der Waals surface area contributed by atoms with Crippen LogP contribution in [0.15, 0.2) is 0 Å². The molecule has 1 heterocycles. The predicted octanol–water partition coefficient (Wildman–Crippen LogP) is 1.23. The monoisotopic (exact) mass is 169 g/mol. The van der Waals surface area contributed by atoms with Crippen molar-refractivity contribution in [1.82, 2.24) is 5.32 Å². The summed E-state index contributed by atoms with van der Waals surface area (Å²) in [5.74, 6) is -0.112. The molecule has 2 amide bonds. The number of hydrogen-bond donors (Lipinski definition) is 1. The second kappa shape index (κ2) is 4.24. The molecule has 0 aliphatic carbocycles. The minimum Gasteiger partial charge on any atom is -0.296 e. The molecule has 1 rings (SSSR count). The lowest BCUT2D eigenvalue weighted by Crippen LogP contribution is -2.32. The van der Waals surface area contributed by atoms with E-state index >= 15 is 0 Å². The first-order valence-electron chi connectivity index (χ1n) is 4.57. The van der Waals surface area contributed by atoms with E-state index in [2.05, 4.69) is 12.2 Å². The van der Waals surface area contributed by atoms with Crippen LogP contribution in [-0.4, -0.2) is 11.8 Å². The number of rotatable bonds is 2. The summed E-state index contributed by atoms with van der Waals surface area (Å²) in [4.78, 5) is 22.2. The molecule has 1 unspecified atom stereocenters. The van der Waals surface area contributed by atoms with Gasteiger partial charge in [-0.1, -0.05) is 13.3 Å². The molecule has 1 N–H and O–H groups in total. The van der Waals surface area contributed by atoms with Crippen LogP contribution >= 0.6 is 0 Å². The molecule has 1 atom stereocenters. The third-order valence-electron chi connectivity index (χ3n) is 2.23. The third-order valence-corrected chi connectivity index (χ3v) is 2.23. The van der Waals surface area contributed by atoms with Crippen molar-refractivity contribution in [1.29, 1.82) is 0 Å². The fourth-order valence-corrected chi connectivity index (χ4v) is 1.57. The zero-order valence-corrected chi connectivity index (χ0v) is 7.43. The highest BCUT2D eigenvalue weighted by molar-refractivity contribution is 5.96. The quantitative estimate of drug-likeness (QED) is 0.632. The van der Waals surface area contributed by atoms with Crippen molar-refractivity contribution in [3.63, 3.8) is 0 Å². The van der Waals surface area contributed by atoms with Crippen molar-refractivity contribution >= 4 is 11.8 Å². The standard InChI is InChI=1S/C9H15NO2/c1-2-4-7-5-3-6-8(11)10-9(7)12/h7H,2-6H2,1H3,(H,10,11,12). The minimum absolute atomic E-state index is 0.0700. The molecule has 3 nitrogen and oxygen atoms in total. The van der Waals surface area contributed by atoms with Gasteiger partial charge < -0.3 is 0 Å². The van der Waals surface area contributed by atoms with Crippen LogP contribution in [0.1, 0.15) is 39.0 Å². The molecule has 1 aliphatic heterocycles. The Balaban J connectivity index is 2.51. The van der Waals surface area contributed by atoms with Gasteiger partial charge in [0.1, 0.15) is 0 Å². The molecular formula is C9H15NO2. The fourth-order valence-electron chi connectivity index (χ4n) is 1.57. The summed E-state index contributed by atoms with van der Waals surface area (Å²) in [6, 6.07) is 0. The highest BCUT2D eigenvalue weighted by Crippen LogP contribution is 2.17. The van der Waals surface area contributed by atoms with E-state index in [1.807, 2.05) is 0 Å². The molecule has 0 aromatic carbocycles. The molecule has 68 valence electrons. The lowest BCUT2D eigenvalue weighted by molar-refractivity contribution is -0.131. The first-order chi connectivity index (χ1) is 5.74. The van der Waals surface area contributed by atoms with Crippen LogP contribution in [-0.2, 0) is 9.59 Å². The molecule has 1 saturated heterocycles. The van der Waals surface area contributed by atoms with Gasteiger partial charge in [-0.15, -0.1) is 0 Å². The number of imide groups is 1. The van der Waals surface area contributed by atoms with Crippen molar-refractivity contribution in [3.05, 3.63) is 0 Å². The highest BCUT2D eigenvalue weighted by atomic mass is 16.2. The molecule has 1 aliphatic rings. The second-order valence-electron chi connectivity index (χ2n) is 3.29. The van der Waals surface area contributed by atoms with Gasteiger partial charge in [-0.3, -0.25) is 14.9 Å². The van der Waals surface area contributed by atoms with Gasteiger partial charge in [0.05, 0.1) is 0 Å². The third kappa shape index (κ3) is 2.32. The number of nitrogens with one attached hydrogen (secondary N) is 1. The molecule has 0 bridgehead atoms. The summed E-state index contributed by atoms with van der Waals surface area (Å²) >= 11 is 0. The van der Waals surface area contributed by atoms with Crippen LogP contribution in [0.5, 0.6) is 0 Å². The first-order valence-corrected chi connectivity index (χ1v) is 4.57. The van der Waals surface area contributed by atoms with E-state index < -0.39 is 0 Å². The van der Waals surface area contributed by atoms with Crippen molar-refractivity contribution in [2.45, 2.75) is 39.0 Å². The average Bonchev–Trinajstić information content (AvgIpc) is 2.15. The lowest BCUT2D eigenvalue weighted by atomic mass is 9.98. The number of amides is 2. The number of carbonyl (C=O) groups excluding carboxylic acids is 2. The Morgan fingerprint density at radius 1 is 1.50 bits per heavy atom. The lowest BCUT2D eigenvalue weighted by Gasteiger charge is -2.09. The van der Waals surface area contributed by atoms with Crippen molar-refractivity contribution in [3.8, 4) is 0 Å². The highest BCUT2D eigenvalue weighted by Gasteiger charge is 2.22. The van der Waals surface area contributed by atoms with Crippen LogP contribution in [0.4, 0.5) is 0 Å². The van der Waals surface area contributed by atoms with E-state index in [4.69, 9.17) is 0 Å². The molecule has 1 fully saturated rings. The van der Waals surface area contributed by atoms with Gasteiger partial charge >= 0.3 is 0 Å². The molecular weight excluding hydrogens is 154 g/mol. The Bertz CT molecular complexity index is 189. The molecule has 0 radical (unpaired) electrons. The van der Waals surface area contributed by atoms with E-state index in [9.17, 15) is 9.59 Å².